The molecule has 8 heteroatoms. The Hall–Kier alpha value is -3.94. The molecule has 1 fully saturated rings. The van der Waals surface area contributed by atoms with E-state index in [0.29, 0.717) is 36.7 Å². The van der Waals surface area contributed by atoms with Crippen molar-refractivity contribution in [2.75, 3.05) is 20.2 Å². The van der Waals surface area contributed by atoms with Gasteiger partial charge in [0.2, 0.25) is 5.76 Å². The van der Waals surface area contributed by atoms with E-state index in [9.17, 15) is 9.18 Å². The van der Waals surface area contributed by atoms with Gasteiger partial charge in [-0.2, -0.15) is 0 Å². The van der Waals surface area contributed by atoms with Gasteiger partial charge in [0.25, 0.3) is 5.91 Å². The van der Waals surface area contributed by atoms with E-state index in [-0.39, 0.29) is 17.6 Å². The fourth-order valence-electron chi connectivity index (χ4n) is 4.23. The summed E-state index contributed by atoms with van der Waals surface area (Å²) in [4.78, 5) is 19.2. The molecular weight excluding hydrogens is 437 g/mol. The number of piperidine rings is 1. The molecule has 2 aromatic carbocycles. The molecule has 7 nitrogen and oxygen atoms in total. The summed E-state index contributed by atoms with van der Waals surface area (Å²) in [5.74, 6) is 1.61. The summed E-state index contributed by atoms with van der Waals surface area (Å²) in [6, 6.07) is 15.6. The van der Waals surface area contributed by atoms with Crippen LogP contribution in [0, 0.1) is 5.82 Å². The summed E-state index contributed by atoms with van der Waals surface area (Å²) >= 11 is 0. The van der Waals surface area contributed by atoms with Crippen molar-refractivity contribution in [2.45, 2.75) is 25.2 Å². The van der Waals surface area contributed by atoms with Crippen LogP contribution in [0.1, 0.15) is 46.5 Å². The lowest BCUT2D eigenvalue weighted by atomic mass is 9.97. The van der Waals surface area contributed by atoms with Gasteiger partial charge >= 0.3 is 0 Å². The highest BCUT2D eigenvalue weighted by Gasteiger charge is 2.30. The number of hydrogen-bond acceptors (Lipinski definition) is 6. The minimum atomic E-state index is -0.415. The van der Waals surface area contributed by atoms with E-state index in [1.165, 1.54) is 12.1 Å². The molecule has 1 atom stereocenters. The number of amides is 1. The molecule has 1 unspecified atom stereocenters. The quantitative estimate of drug-likeness (QED) is 0.398. The molecule has 1 aliphatic heterocycles. The summed E-state index contributed by atoms with van der Waals surface area (Å²) in [6.07, 6.45) is 4.07. The molecule has 4 aromatic rings. The second-order valence-corrected chi connectivity index (χ2v) is 8.34. The molecule has 34 heavy (non-hydrogen) atoms. The van der Waals surface area contributed by atoms with Gasteiger partial charge in [0.1, 0.15) is 23.0 Å². The number of nitrogens with zero attached hydrogens (tertiary/aromatic N) is 3. The molecule has 0 saturated carbocycles. The lowest BCUT2D eigenvalue weighted by Crippen LogP contribution is -2.39. The fraction of sp³-hybridized carbons (Fsp3) is 0.269. The number of hydrogen-bond donors (Lipinski definition) is 0. The largest absolute Gasteiger partial charge is 0.497 e. The second kappa shape index (κ2) is 9.51. The Morgan fingerprint density at radius 3 is 2.82 bits per heavy atom. The first-order valence-electron chi connectivity index (χ1n) is 11.2. The Bertz CT molecular complexity index is 1280. The number of methoxy groups -OCH3 is 1. The standard InChI is InChI=1S/C26H24FN3O4/c1-32-19-10-8-17(9-11-19)13-20-15-28-25(33-20)18-5-4-12-30(16-18)26(31)24-14-23(29-34-24)21-6-2-3-7-22(21)27/h2-3,6-11,14-15,18H,4-5,12-13,16H2,1H3. The van der Waals surface area contributed by atoms with Crippen LogP contribution in [0.15, 0.2) is 69.7 Å². The maximum absolute atomic E-state index is 14.1. The number of likely N-dealkylation sites (tertiary alicyclic amines) is 1. The molecule has 1 aliphatic rings. The van der Waals surface area contributed by atoms with E-state index >= 15 is 0 Å². The molecule has 0 spiro atoms. The highest BCUT2D eigenvalue weighted by Crippen LogP contribution is 2.29. The molecule has 0 bridgehead atoms. The van der Waals surface area contributed by atoms with E-state index in [0.717, 1.165) is 29.9 Å². The number of carbonyl (C=O) groups is 1. The summed E-state index contributed by atoms with van der Waals surface area (Å²) in [7, 11) is 1.64. The molecule has 0 radical (unpaired) electrons. The van der Waals surface area contributed by atoms with Crippen molar-refractivity contribution in [3.05, 3.63) is 89.6 Å². The number of aromatic nitrogens is 2. The van der Waals surface area contributed by atoms with Crippen molar-refractivity contribution in [2.24, 2.45) is 0 Å². The van der Waals surface area contributed by atoms with Crippen LogP contribution in [-0.4, -0.2) is 41.1 Å². The molecule has 3 heterocycles. The normalized spacial score (nSPS) is 15.9. The van der Waals surface area contributed by atoms with Crippen LogP contribution in [-0.2, 0) is 6.42 Å². The van der Waals surface area contributed by atoms with E-state index in [4.69, 9.17) is 13.7 Å². The molecule has 1 amide bonds. The SMILES string of the molecule is COc1ccc(Cc2cnc(C3CCCN(C(=O)c4cc(-c5ccccc5F)no4)C3)o2)cc1. The highest BCUT2D eigenvalue weighted by atomic mass is 19.1. The van der Waals surface area contributed by atoms with Gasteiger partial charge in [-0.15, -0.1) is 0 Å². The predicted molar refractivity (Wildman–Crippen MR) is 122 cm³/mol. The third-order valence-electron chi connectivity index (χ3n) is 6.04. The lowest BCUT2D eigenvalue weighted by molar-refractivity contribution is 0.0656. The van der Waals surface area contributed by atoms with E-state index in [2.05, 4.69) is 10.1 Å². The molecule has 1 saturated heterocycles. The van der Waals surface area contributed by atoms with Gasteiger partial charge in [-0.1, -0.05) is 29.4 Å². The van der Waals surface area contributed by atoms with Gasteiger partial charge < -0.3 is 18.6 Å². The number of benzene rings is 2. The molecule has 2 aromatic heterocycles. The first-order valence-corrected chi connectivity index (χ1v) is 11.2. The zero-order chi connectivity index (χ0) is 23.5. The van der Waals surface area contributed by atoms with Crippen molar-refractivity contribution >= 4 is 5.91 Å². The van der Waals surface area contributed by atoms with Crippen molar-refractivity contribution in [1.82, 2.24) is 15.0 Å². The Kier molecular flexibility index (Phi) is 6.12. The van der Waals surface area contributed by atoms with E-state index in [1.807, 2.05) is 24.3 Å². The van der Waals surface area contributed by atoms with Crippen molar-refractivity contribution in [3.63, 3.8) is 0 Å². The molecule has 0 aliphatic carbocycles. The smallest absolute Gasteiger partial charge is 0.292 e. The van der Waals surface area contributed by atoms with Gasteiger partial charge in [-0.05, 0) is 42.7 Å². The van der Waals surface area contributed by atoms with Crippen molar-refractivity contribution in [3.8, 4) is 17.0 Å². The number of carbonyl (C=O) groups excluding carboxylic acids is 1. The Balaban J connectivity index is 1.25. The fourth-order valence-corrected chi connectivity index (χ4v) is 4.23. The average molecular weight is 461 g/mol. The van der Waals surface area contributed by atoms with Gasteiger partial charge in [0.05, 0.1) is 19.2 Å². The first kappa shape index (κ1) is 21.9. The predicted octanol–water partition coefficient (Wildman–Crippen LogP) is 5.09. The van der Waals surface area contributed by atoms with Crippen LogP contribution < -0.4 is 4.74 Å². The molecular formula is C26H24FN3O4. The minimum Gasteiger partial charge on any atom is -0.497 e. The third kappa shape index (κ3) is 4.57. The van der Waals surface area contributed by atoms with Gasteiger partial charge in [-0.25, -0.2) is 9.37 Å². The van der Waals surface area contributed by atoms with E-state index in [1.54, 1.807) is 36.4 Å². The van der Waals surface area contributed by atoms with Crippen LogP contribution in [0.25, 0.3) is 11.3 Å². The van der Waals surface area contributed by atoms with Crippen molar-refractivity contribution in [1.29, 1.82) is 0 Å². The zero-order valence-electron chi connectivity index (χ0n) is 18.7. The summed E-state index contributed by atoms with van der Waals surface area (Å²) in [6.45, 7) is 1.07. The second-order valence-electron chi connectivity index (χ2n) is 8.34. The minimum absolute atomic E-state index is 0.00345. The maximum atomic E-state index is 14.1. The Morgan fingerprint density at radius 1 is 1.21 bits per heavy atom. The van der Waals surface area contributed by atoms with Crippen LogP contribution >= 0.6 is 0 Å². The number of halogens is 1. The molecule has 174 valence electrons. The number of ether oxygens (including phenoxy) is 1. The topological polar surface area (TPSA) is 81.6 Å². The van der Waals surface area contributed by atoms with Gasteiger partial charge in [-0.3, -0.25) is 4.79 Å². The maximum Gasteiger partial charge on any atom is 0.292 e. The van der Waals surface area contributed by atoms with Crippen LogP contribution in [0.3, 0.4) is 0 Å². The van der Waals surface area contributed by atoms with Crippen molar-refractivity contribution < 1.29 is 22.9 Å². The molecule has 5 rings (SSSR count). The van der Waals surface area contributed by atoms with Gasteiger partial charge in [0, 0.05) is 31.1 Å². The summed E-state index contributed by atoms with van der Waals surface area (Å²) < 4.78 is 30.5. The van der Waals surface area contributed by atoms with Crippen LogP contribution in [0.5, 0.6) is 5.75 Å². The summed E-state index contributed by atoms with van der Waals surface area (Å²) in [5.41, 5.74) is 1.69. The highest BCUT2D eigenvalue weighted by molar-refractivity contribution is 5.92. The Labute approximate surface area is 196 Å². The lowest BCUT2D eigenvalue weighted by Gasteiger charge is -2.30. The first-order chi connectivity index (χ1) is 16.6. The zero-order valence-corrected chi connectivity index (χ0v) is 18.7. The monoisotopic (exact) mass is 461 g/mol. The van der Waals surface area contributed by atoms with Crippen LogP contribution in [0.2, 0.25) is 0 Å². The summed E-state index contributed by atoms with van der Waals surface area (Å²) in [5, 5.41) is 3.89. The Morgan fingerprint density at radius 2 is 2.03 bits per heavy atom. The molecule has 0 N–H and O–H groups in total. The van der Waals surface area contributed by atoms with E-state index < -0.39 is 5.82 Å². The average Bonchev–Trinajstić information content (AvgIpc) is 3.55. The van der Waals surface area contributed by atoms with Gasteiger partial charge in [0.15, 0.2) is 5.89 Å². The van der Waals surface area contributed by atoms with Crippen LogP contribution in [0.4, 0.5) is 4.39 Å². The third-order valence-corrected chi connectivity index (χ3v) is 6.04. The number of oxazole rings is 1. The number of rotatable bonds is 6.